The van der Waals surface area contributed by atoms with Crippen molar-refractivity contribution in [3.05, 3.63) is 23.9 Å². The minimum absolute atomic E-state index is 0.0425. The third-order valence-electron chi connectivity index (χ3n) is 2.41. The molecule has 0 radical (unpaired) electrons. The lowest BCUT2D eigenvalue weighted by Gasteiger charge is -2.16. The van der Waals surface area contributed by atoms with E-state index in [4.69, 9.17) is 0 Å². The second-order valence-electron chi connectivity index (χ2n) is 4.04. The number of carbonyl (C=O) groups is 1. The number of amides is 1. The van der Waals surface area contributed by atoms with Crippen LogP contribution in [0.4, 0.5) is 5.82 Å². The number of hydrogen-bond donors (Lipinski definition) is 1. The van der Waals surface area contributed by atoms with E-state index in [1.54, 1.807) is 26.2 Å². The van der Waals surface area contributed by atoms with Crippen LogP contribution in [0.1, 0.15) is 10.4 Å². The first-order valence-electron chi connectivity index (χ1n) is 5.40. The van der Waals surface area contributed by atoms with Crippen molar-refractivity contribution in [3.8, 4) is 0 Å². The molecule has 1 rings (SSSR count). The molecule has 0 aromatic carbocycles. The van der Waals surface area contributed by atoms with Gasteiger partial charge in [0.2, 0.25) is 0 Å². The molecule has 1 amide bonds. The van der Waals surface area contributed by atoms with Crippen LogP contribution in [-0.2, 0) is 9.84 Å². The summed E-state index contributed by atoms with van der Waals surface area (Å²) in [5.41, 5.74) is 0.477. The van der Waals surface area contributed by atoms with Gasteiger partial charge in [0.25, 0.3) is 5.91 Å². The molecular weight excluding hydrogens is 254 g/mol. The summed E-state index contributed by atoms with van der Waals surface area (Å²) in [5, 5.41) is 2.84. The minimum Gasteiger partial charge on any atom is -0.373 e. The Balaban J connectivity index is 2.74. The Morgan fingerprint density at radius 3 is 2.72 bits per heavy atom. The standard InChI is InChI=1S/C11H17N3O3S/c1-12-10-8-9(4-5-13-10)11(15)14(2)6-7-18(3,16)17/h4-5,8H,6-7H2,1-3H3,(H,12,13). The van der Waals surface area contributed by atoms with Gasteiger partial charge in [-0.2, -0.15) is 0 Å². The molecule has 0 saturated heterocycles. The Morgan fingerprint density at radius 2 is 2.17 bits per heavy atom. The van der Waals surface area contributed by atoms with Gasteiger partial charge in [-0.3, -0.25) is 4.79 Å². The first kappa shape index (κ1) is 14.4. The van der Waals surface area contributed by atoms with Crippen LogP contribution in [0.25, 0.3) is 0 Å². The summed E-state index contributed by atoms with van der Waals surface area (Å²) in [4.78, 5) is 17.4. The number of carbonyl (C=O) groups excluding carboxylic acids is 1. The molecule has 0 unspecified atom stereocenters. The monoisotopic (exact) mass is 271 g/mol. The molecular formula is C11H17N3O3S. The summed E-state index contributed by atoms with van der Waals surface area (Å²) in [6.45, 7) is 0.175. The molecule has 0 fully saturated rings. The number of anilines is 1. The van der Waals surface area contributed by atoms with Gasteiger partial charge in [0, 0.05) is 38.7 Å². The van der Waals surface area contributed by atoms with E-state index >= 15 is 0 Å². The quantitative estimate of drug-likeness (QED) is 0.830. The average molecular weight is 271 g/mol. The van der Waals surface area contributed by atoms with E-state index in [2.05, 4.69) is 10.3 Å². The van der Waals surface area contributed by atoms with E-state index < -0.39 is 9.84 Å². The maximum absolute atomic E-state index is 12.0. The van der Waals surface area contributed by atoms with Crippen molar-refractivity contribution in [2.24, 2.45) is 0 Å². The summed E-state index contributed by atoms with van der Waals surface area (Å²) in [7, 11) is 0.222. The Labute approximate surface area is 107 Å². The molecule has 6 nitrogen and oxygen atoms in total. The molecule has 1 aromatic rings. The predicted octanol–water partition coefficient (Wildman–Crippen LogP) is 0.240. The predicted molar refractivity (Wildman–Crippen MR) is 70.5 cm³/mol. The summed E-state index contributed by atoms with van der Waals surface area (Å²) in [6.07, 6.45) is 2.68. The number of hydrogen-bond acceptors (Lipinski definition) is 5. The fraction of sp³-hybridized carbons (Fsp3) is 0.455. The maximum Gasteiger partial charge on any atom is 0.253 e. The van der Waals surface area contributed by atoms with Gasteiger partial charge in [-0.25, -0.2) is 13.4 Å². The molecule has 0 atom stereocenters. The van der Waals surface area contributed by atoms with Crippen molar-refractivity contribution in [1.29, 1.82) is 0 Å². The third kappa shape index (κ3) is 4.33. The molecule has 1 heterocycles. The zero-order chi connectivity index (χ0) is 13.8. The molecule has 7 heteroatoms. The van der Waals surface area contributed by atoms with Crippen molar-refractivity contribution in [3.63, 3.8) is 0 Å². The van der Waals surface area contributed by atoms with E-state index in [0.29, 0.717) is 11.4 Å². The molecule has 1 aromatic heterocycles. The van der Waals surface area contributed by atoms with Gasteiger partial charge in [-0.05, 0) is 12.1 Å². The van der Waals surface area contributed by atoms with Crippen molar-refractivity contribution in [2.75, 3.05) is 38.0 Å². The normalized spacial score (nSPS) is 11.1. The van der Waals surface area contributed by atoms with Gasteiger partial charge in [0.1, 0.15) is 15.7 Å². The Kier molecular flexibility index (Phi) is 4.66. The van der Waals surface area contributed by atoms with Gasteiger partial charge >= 0.3 is 0 Å². The van der Waals surface area contributed by atoms with Crippen molar-refractivity contribution < 1.29 is 13.2 Å². The van der Waals surface area contributed by atoms with Crippen LogP contribution in [0.5, 0.6) is 0 Å². The molecule has 0 bridgehead atoms. The summed E-state index contributed by atoms with van der Waals surface area (Å²) in [6, 6.07) is 3.22. The van der Waals surface area contributed by atoms with Crippen LogP contribution in [0.2, 0.25) is 0 Å². The average Bonchev–Trinajstić information content (AvgIpc) is 2.34. The number of pyridine rings is 1. The zero-order valence-corrected chi connectivity index (χ0v) is 11.5. The number of rotatable bonds is 5. The lowest BCUT2D eigenvalue weighted by atomic mass is 10.2. The first-order valence-corrected chi connectivity index (χ1v) is 7.46. The summed E-state index contributed by atoms with van der Waals surface area (Å²) in [5.74, 6) is 0.328. The fourth-order valence-corrected chi connectivity index (χ4v) is 1.93. The van der Waals surface area contributed by atoms with Gasteiger partial charge in [0.15, 0.2) is 0 Å². The topological polar surface area (TPSA) is 79.4 Å². The molecule has 0 aliphatic heterocycles. The van der Waals surface area contributed by atoms with Gasteiger partial charge in [-0.15, -0.1) is 0 Å². The molecule has 18 heavy (non-hydrogen) atoms. The minimum atomic E-state index is -3.07. The van der Waals surface area contributed by atoms with Crippen molar-refractivity contribution in [2.45, 2.75) is 0 Å². The zero-order valence-electron chi connectivity index (χ0n) is 10.7. The number of sulfone groups is 1. The van der Waals surface area contributed by atoms with Crippen LogP contribution in [0, 0.1) is 0 Å². The van der Waals surface area contributed by atoms with Crippen LogP contribution < -0.4 is 5.32 Å². The van der Waals surface area contributed by atoms with Crippen LogP contribution in [0.15, 0.2) is 18.3 Å². The van der Waals surface area contributed by atoms with Crippen LogP contribution in [-0.4, -0.2) is 56.9 Å². The van der Waals surface area contributed by atoms with E-state index in [1.807, 2.05) is 0 Å². The Hall–Kier alpha value is -1.63. The SMILES string of the molecule is CNc1cc(C(=O)N(C)CCS(C)(=O)=O)ccn1. The molecule has 0 aliphatic rings. The number of aromatic nitrogens is 1. The summed E-state index contributed by atoms with van der Waals surface area (Å²) >= 11 is 0. The Morgan fingerprint density at radius 1 is 1.50 bits per heavy atom. The lowest BCUT2D eigenvalue weighted by Crippen LogP contribution is -2.31. The second-order valence-corrected chi connectivity index (χ2v) is 6.30. The molecule has 1 N–H and O–H groups in total. The van der Waals surface area contributed by atoms with Crippen molar-refractivity contribution in [1.82, 2.24) is 9.88 Å². The molecule has 100 valence electrons. The number of nitrogens with zero attached hydrogens (tertiary/aromatic N) is 2. The van der Waals surface area contributed by atoms with E-state index in [9.17, 15) is 13.2 Å². The highest BCUT2D eigenvalue weighted by molar-refractivity contribution is 7.90. The van der Waals surface area contributed by atoms with Crippen LogP contribution in [0.3, 0.4) is 0 Å². The van der Waals surface area contributed by atoms with Crippen molar-refractivity contribution >= 4 is 21.6 Å². The first-order chi connectivity index (χ1) is 8.33. The highest BCUT2D eigenvalue weighted by Crippen LogP contribution is 2.08. The van der Waals surface area contributed by atoms with E-state index in [-0.39, 0.29) is 18.2 Å². The van der Waals surface area contributed by atoms with E-state index in [1.165, 1.54) is 11.1 Å². The largest absolute Gasteiger partial charge is 0.373 e. The Bertz CT molecular complexity index is 528. The maximum atomic E-state index is 12.0. The lowest BCUT2D eigenvalue weighted by molar-refractivity contribution is 0.0803. The smallest absolute Gasteiger partial charge is 0.253 e. The molecule has 0 saturated carbocycles. The van der Waals surface area contributed by atoms with Crippen LogP contribution >= 0.6 is 0 Å². The second kappa shape index (κ2) is 5.81. The third-order valence-corrected chi connectivity index (χ3v) is 3.33. The number of nitrogens with one attached hydrogen (secondary N) is 1. The highest BCUT2D eigenvalue weighted by Gasteiger charge is 2.14. The van der Waals surface area contributed by atoms with Gasteiger partial charge in [0.05, 0.1) is 5.75 Å². The van der Waals surface area contributed by atoms with E-state index in [0.717, 1.165) is 6.26 Å². The summed E-state index contributed by atoms with van der Waals surface area (Å²) < 4.78 is 22.1. The van der Waals surface area contributed by atoms with Gasteiger partial charge < -0.3 is 10.2 Å². The fourth-order valence-electron chi connectivity index (χ4n) is 1.32. The molecule has 0 aliphatic carbocycles. The molecule has 0 spiro atoms. The van der Waals surface area contributed by atoms with Gasteiger partial charge in [-0.1, -0.05) is 0 Å². The highest BCUT2D eigenvalue weighted by atomic mass is 32.2.